The molecule has 0 aromatic heterocycles. The van der Waals surface area contributed by atoms with Crippen LogP contribution in [0.5, 0.6) is 0 Å². The molecule has 4 saturated carbocycles. The number of hydrogen-bond donors (Lipinski definition) is 4. The fourth-order valence-electron chi connectivity index (χ4n) is 5.19. The quantitative estimate of drug-likeness (QED) is 0.547. The van der Waals surface area contributed by atoms with Crippen LogP contribution in [-0.4, -0.2) is 43.2 Å². The highest BCUT2D eigenvalue weighted by Gasteiger charge is 2.67. The van der Waals surface area contributed by atoms with Gasteiger partial charge in [-0.05, 0) is 24.7 Å². The average Bonchev–Trinajstić information content (AvgIpc) is 1.87. The Balaban J connectivity index is 2.01. The molecule has 96 valence electrons. The van der Waals surface area contributed by atoms with Gasteiger partial charge in [-0.15, -0.1) is 0 Å². The normalized spacial score (nSPS) is 56.2. The first kappa shape index (κ1) is 11.4. The Morgan fingerprint density at radius 1 is 0.824 bits per heavy atom. The largest absolute Gasteiger partial charge is 0.481 e. The first-order valence-corrected chi connectivity index (χ1v) is 6.05. The van der Waals surface area contributed by atoms with E-state index in [0.717, 1.165) is 0 Å². The van der Waals surface area contributed by atoms with Gasteiger partial charge >= 0.3 is 5.97 Å². The molecule has 4 N–H and O–H groups in total. The molecule has 0 saturated heterocycles. The maximum absolute atomic E-state index is 11.0. The monoisotopic (exact) mass is 242 g/mol. The number of rotatable bonds is 2. The van der Waals surface area contributed by atoms with Crippen molar-refractivity contribution < 1.29 is 25.2 Å². The van der Waals surface area contributed by atoms with Crippen molar-refractivity contribution in [3.63, 3.8) is 0 Å². The Kier molecular flexibility index (Phi) is 1.91. The third kappa shape index (κ3) is 1.68. The molecule has 0 spiro atoms. The molecule has 5 nitrogen and oxygen atoms in total. The van der Waals surface area contributed by atoms with Gasteiger partial charge in [0.05, 0.1) is 23.2 Å². The van der Waals surface area contributed by atoms with E-state index in [1.165, 1.54) is 0 Å². The Hall–Kier alpha value is -0.650. The molecule has 0 amide bonds. The van der Waals surface area contributed by atoms with Gasteiger partial charge in [-0.25, -0.2) is 0 Å². The predicted octanol–water partition coefficient (Wildman–Crippen LogP) is 0.0222. The van der Waals surface area contributed by atoms with E-state index in [-0.39, 0.29) is 25.7 Å². The molecule has 4 fully saturated rings. The second kappa shape index (κ2) is 2.84. The number of carboxylic acids is 1. The number of aliphatic carboxylic acids is 1. The minimum absolute atomic E-state index is 0.0834. The SMILES string of the molecule is O=C(O)CC12CC3(O)CC(O)(CC(O)(C3)C1)C2. The van der Waals surface area contributed by atoms with Crippen molar-refractivity contribution in [2.45, 2.75) is 61.7 Å². The van der Waals surface area contributed by atoms with Crippen LogP contribution in [0.25, 0.3) is 0 Å². The second-order valence-electron chi connectivity index (χ2n) is 6.80. The van der Waals surface area contributed by atoms with Crippen LogP contribution in [0.4, 0.5) is 0 Å². The molecule has 0 aromatic rings. The lowest BCUT2D eigenvalue weighted by Gasteiger charge is -2.65. The van der Waals surface area contributed by atoms with E-state index in [9.17, 15) is 20.1 Å². The van der Waals surface area contributed by atoms with Gasteiger partial charge in [0.2, 0.25) is 0 Å². The molecular formula is C12H18O5. The summed E-state index contributed by atoms with van der Waals surface area (Å²) in [6.07, 6.45) is 1.88. The van der Waals surface area contributed by atoms with Crippen LogP contribution in [0.2, 0.25) is 0 Å². The Labute approximate surface area is 99.1 Å². The summed E-state index contributed by atoms with van der Waals surface area (Å²) in [5.41, 5.74) is -3.91. The second-order valence-corrected chi connectivity index (χ2v) is 6.80. The molecule has 0 heterocycles. The van der Waals surface area contributed by atoms with Crippen LogP contribution in [0.3, 0.4) is 0 Å². The predicted molar refractivity (Wildman–Crippen MR) is 57.2 cm³/mol. The summed E-state index contributed by atoms with van der Waals surface area (Å²) >= 11 is 0. The van der Waals surface area contributed by atoms with Crippen molar-refractivity contribution in [2.24, 2.45) is 5.41 Å². The molecule has 4 rings (SSSR count). The van der Waals surface area contributed by atoms with E-state index in [1.807, 2.05) is 0 Å². The number of carboxylic acid groups (broad SMARTS) is 1. The van der Waals surface area contributed by atoms with Crippen LogP contribution >= 0.6 is 0 Å². The maximum atomic E-state index is 11.0. The van der Waals surface area contributed by atoms with E-state index in [2.05, 4.69) is 0 Å². The lowest BCUT2D eigenvalue weighted by atomic mass is 9.44. The molecule has 5 heteroatoms. The first-order chi connectivity index (χ1) is 7.66. The number of hydrogen-bond acceptors (Lipinski definition) is 4. The first-order valence-electron chi connectivity index (χ1n) is 6.05. The van der Waals surface area contributed by atoms with E-state index in [0.29, 0.717) is 19.3 Å². The highest BCUT2D eigenvalue weighted by Crippen LogP contribution is 2.65. The minimum Gasteiger partial charge on any atom is -0.481 e. The average molecular weight is 242 g/mol. The molecule has 0 unspecified atom stereocenters. The van der Waals surface area contributed by atoms with Crippen LogP contribution in [0.1, 0.15) is 44.9 Å². The smallest absolute Gasteiger partial charge is 0.303 e. The van der Waals surface area contributed by atoms with Gasteiger partial charge in [-0.2, -0.15) is 0 Å². The third-order valence-electron chi connectivity index (χ3n) is 4.61. The van der Waals surface area contributed by atoms with Crippen molar-refractivity contribution in [3.05, 3.63) is 0 Å². The standard InChI is InChI=1S/C12H18O5/c13-8(14)1-9-2-10(15)5-11(16,3-9)7-12(17,4-9)6-10/h15-17H,1-7H2,(H,13,14). The van der Waals surface area contributed by atoms with Crippen molar-refractivity contribution in [1.29, 1.82) is 0 Å². The van der Waals surface area contributed by atoms with Crippen molar-refractivity contribution in [2.75, 3.05) is 0 Å². The van der Waals surface area contributed by atoms with Crippen LogP contribution in [0, 0.1) is 5.41 Å². The molecular weight excluding hydrogens is 224 g/mol. The van der Waals surface area contributed by atoms with Gasteiger partial charge in [0, 0.05) is 19.3 Å². The molecule has 0 atom stereocenters. The van der Waals surface area contributed by atoms with Gasteiger partial charge in [0.25, 0.3) is 0 Å². The molecule has 4 aliphatic rings. The highest BCUT2D eigenvalue weighted by atomic mass is 16.4. The van der Waals surface area contributed by atoms with Gasteiger partial charge < -0.3 is 20.4 Å². The molecule has 0 radical (unpaired) electrons. The van der Waals surface area contributed by atoms with Crippen LogP contribution in [-0.2, 0) is 4.79 Å². The highest BCUT2D eigenvalue weighted by molar-refractivity contribution is 5.68. The van der Waals surface area contributed by atoms with E-state index in [4.69, 9.17) is 5.11 Å². The van der Waals surface area contributed by atoms with Gasteiger partial charge in [0.15, 0.2) is 0 Å². The Bertz CT molecular complexity index is 337. The maximum Gasteiger partial charge on any atom is 0.303 e. The molecule has 4 aliphatic carbocycles. The Morgan fingerprint density at radius 3 is 1.47 bits per heavy atom. The zero-order valence-electron chi connectivity index (χ0n) is 9.65. The molecule has 0 aromatic carbocycles. The van der Waals surface area contributed by atoms with Crippen molar-refractivity contribution in [3.8, 4) is 0 Å². The number of aliphatic hydroxyl groups is 3. The molecule has 0 aliphatic heterocycles. The summed E-state index contributed by atoms with van der Waals surface area (Å²) in [4.78, 5) is 11.0. The van der Waals surface area contributed by atoms with Crippen LogP contribution in [0.15, 0.2) is 0 Å². The van der Waals surface area contributed by atoms with E-state index < -0.39 is 28.2 Å². The van der Waals surface area contributed by atoms with E-state index >= 15 is 0 Å². The lowest BCUT2D eigenvalue weighted by molar-refractivity contribution is -0.280. The Morgan fingerprint density at radius 2 is 1.18 bits per heavy atom. The summed E-state index contributed by atoms with van der Waals surface area (Å²) in [7, 11) is 0. The molecule has 17 heavy (non-hydrogen) atoms. The zero-order valence-corrected chi connectivity index (χ0v) is 9.65. The van der Waals surface area contributed by atoms with Gasteiger partial charge in [0.1, 0.15) is 0 Å². The topological polar surface area (TPSA) is 98.0 Å². The van der Waals surface area contributed by atoms with Crippen molar-refractivity contribution in [1.82, 2.24) is 0 Å². The summed E-state index contributed by atoms with van der Waals surface area (Å²) < 4.78 is 0. The van der Waals surface area contributed by atoms with E-state index in [1.54, 1.807) is 0 Å². The minimum atomic E-state index is -1.09. The summed E-state index contributed by atoms with van der Waals surface area (Å²) in [6, 6.07) is 0. The zero-order chi connectivity index (χ0) is 12.5. The summed E-state index contributed by atoms with van der Waals surface area (Å²) in [5.74, 6) is -0.928. The van der Waals surface area contributed by atoms with Gasteiger partial charge in [-0.3, -0.25) is 4.79 Å². The molecule has 4 bridgehead atoms. The van der Waals surface area contributed by atoms with Crippen molar-refractivity contribution >= 4 is 5.97 Å². The third-order valence-corrected chi connectivity index (χ3v) is 4.61. The van der Waals surface area contributed by atoms with Gasteiger partial charge in [-0.1, -0.05) is 0 Å². The van der Waals surface area contributed by atoms with Crippen LogP contribution < -0.4 is 0 Å². The fourth-order valence-corrected chi connectivity index (χ4v) is 5.19. The lowest BCUT2D eigenvalue weighted by Crippen LogP contribution is -2.69. The summed E-state index contributed by atoms with van der Waals surface area (Å²) in [6.45, 7) is 0. The summed E-state index contributed by atoms with van der Waals surface area (Å²) in [5, 5.41) is 40.2. The fraction of sp³-hybridized carbons (Fsp3) is 0.917. The number of carbonyl (C=O) groups is 1.